The second-order valence-corrected chi connectivity index (χ2v) is 6.72. The topological polar surface area (TPSA) is 78.9 Å². The first kappa shape index (κ1) is 14.7. The van der Waals surface area contributed by atoms with Crippen molar-refractivity contribution in [3.8, 4) is 11.4 Å². The third kappa shape index (κ3) is 2.36. The van der Waals surface area contributed by atoms with Gasteiger partial charge < -0.3 is 5.21 Å². The molecule has 0 radical (unpaired) electrons. The zero-order chi connectivity index (χ0) is 15.2. The highest BCUT2D eigenvalue weighted by atomic mass is 35.5. The molecule has 2 aromatic rings. The van der Waals surface area contributed by atoms with Gasteiger partial charge in [-0.3, -0.25) is 4.68 Å². The summed E-state index contributed by atoms with van der Waals surface area (Å²) >= 11 is 5.58. The van der Waals surface area contributed by atoms with Crippen molar-refractivity contribution in [2.24, 2.45) is 7.05 Å². The van der Waals surface area contributed by atoms with Gasteiger partial charge in [0.1, 0.15) is 5.02 Å². The van der Waals surface area contributed by atoms with Crippen molar-refractivity contribution in [3.05, 3.63) is 33.9 Å². The Labute approximate surface area is 119 Å². The second kappa shape index (κ2) is 4.71. The normalized spacial score (nSPS) is 11.8. The largest absolute Gasteiger partial charge is 0.618 e. The van der Waals surface area contributed by atoms with Gasteiger partial charge in [-0.25, -0.2) is 8.42 Å². The van der Waals surface area contributed by atoms with Gasteiger partial charge in [0, 0.05) is 24.9 Å². The molecule has 0 aliphatic rings. The Balaban J connectivity index is 2.80. The molecule has 0 aliphatic heterocycles. The average molecular weight is 320 g/mol. The highest BCUT2D eigenvalue weighted by Gasteiger charge is 2.28. The van der Waals surface area contributed by atoms with Crippen molar-refractivity contribution in [2.75, 3.05) is 6.26 Å². The van der Waals surface area contributed by atoms with Crippen LogP contribution in [0.3, 0.4) is 0 Å². The van der Waals surface area contributed by atoms with Gasteiger partial charge in [0.25, 0.3) is 5.69 Å². The maximum Gasteiger partial charge on any atom is 0.280 e. The highest BCUT2D eigenvalue weighted by Crippen LogP contribution is 2.27. The van der Waals surface area contributed by atoms with Crippen LogP contribution in [0, 0.1) is 17.9 Å². The molecule has 0 aliphatic carbocycles. The van der Waals surface area contributed by atoms with Gasteiger partial charge in [-0.2, -0.15) is 14.2 Å². The van der Waals surface area contributed by atoms with Crippen LogP contribution in [-0.2, 0) is 16.9 Å². The Bertz CT molecular complexity index is 778. The van der Waals surface area contributed by atoms with E-state index in [1.54, 1.807) is 0 Å². The molecular weight excluding hydrogens is 309 g/mol. The molecule has 0 saturated carbocycles. The maximum atomic E-state index is 13.9. The van der Waals surface area contributed by atoms with E-state index >= 15 is 0 Å². The van der Waals surface area contributed by atoms with E-state index in [9.17, 15) is 18.0 Å². The van der Waals surface area contributed by atoms with Gasteiger partial charge in [0.15, 0.2) is 32.6 Å². The van der Waals surface area contributed by atoms with E-state index in [4.69, 9.17) is 11.6 Å². The monoisotopic (exact) mass is 319 g/mol. The van der Waals surface area contributed by atoms with Gasteiger partial charge in [0.2, 0.25) is 0 Å². The third-order valence-electron chi connectivity index (χ3n) is 2.75. The van der Waals surface area contributed by atoms with Gasteiger partial charge in [-0.15, -0.1) is 0 Å². The predicted molar refractivity (Wildman–Crippen MR) is 70.4 cm³/mol. The van der Waals surface area contributed by atoms with Gasteiger partial charge in [-0.1, -0.05) is 11.6 Å². The minimum Gasteiger partial charge on any atom is -0.618 e. The van der Waals surface area contributed by atoms with Crippen LogP contribution in [0.25, 0.3) is 11.4 Å². The van der Waals surface area contributed by atoms with Crippen LogP contribution >= 0.6 is 11.6 Å². The molecule has 0 aromatic carbocycles. The van der Waals surface area contributed by atoms with Gasteiger partial charge in [-0.05, 0) is 6.92 Å². The molecule has 0 unspecified atom stereocenters. The molecule has 0 fully saturated rings. The lowest BCUT2D eigenvalue weighted by Gasteiger charge is -2.04. The first-order valence-electron chi connectivity index (χ1n) is 5.45. The van der Waals surface area contributed by atoms with Crippen LogP contribution in [0.2, 0.25) is 5.02 Å². The van der Waals surface area contributed by atoms with Crippen LogP contribution in [0.1, 0.15) is 5.56 Å². The van der Waals surface area contributed by atoms with E-state index in [1.807, 2.05) is 0 Å². The first-order chi connectivity index (χ1) is 9.12. The summed E-state index contributed by atoms with van der Waals surface area (Å²) in [5.74, 6) is -0.867. The zero-order valence-electron chi connectivity index (χ0n) is 10.9. The van der Waals surface area contributed by atoms with E-state index in [0.717, 1.165) is 23.2 Å². The number of aryl methyl sites for hydroxylation is 1. The van der Waals surface area contributed by atoms with Crippen LogP contribution < -0.4 is 4.73 Å². The maximum absolute atomic E-state index is 13.9. The molecule has 0 N–H and O–H groups in total. The number of hydrogen-bond acceptors (Lipinski definition) is 4. The molecule has 108 valence electrons. The van der Waals surface area contributed by atoms with Gasteiger partial charge in [0.05, 0.1) is 0 Å². The molecule has 2 heterocycles. The molecule has 0 saturated heterocycles. The molecule has 2 rings (SSSR count). The number of aromatic nitrogens is 3. The predicted octanol–water partition coefficient (Wildman–Crippen LogP) is 1.22. The lowest BCUT2D eigenvalue weighted by molar-refractivity contribution is -0.595. The summed E-state index contributed by atoms with van der Waals surface area (Å²) < 4.78 is 38.6. The molecular formula is C11H11ClFN3O3S. The summed E-state index contributed by atoms with van der Waals surface area (Å²) in [7, 11) is -2.13. The number of halogens is 2. The quantitative estimate of drug-likeness (QED) is 0.616. The third-order valence-corrected chi connectivity index (χ3v) is 4.23. The summed E-state index contributed by atoms with van der Waals surface area (Å²) in [4.78, 5) is 0. The Morgan fingerprint density at radius 2 is 2.10 bits per heavy atom. The molecule has 0 spiro atoms. The van der Waals surface area contributed by atoms with Gasteiger partial charge >= 0.3 is 0 Å². The fraction of sp³-hybridized carbons (Fsp3) is 0.273. The standard InChI is InChI=1S/C11H11ClFN3O3S/c1-6-9(14-15(2)11(6)20(3,18)19)10-8(13)4-7(12)5-16(10)17/h4-5H,1-3H3. The number of sulfone groups is 1. The van der Waals surface area contributed by atoms with E-state index < -0.39 is 15.7 Å². The molecule has 0 amide bonds. The van der Waals surface area contributed by atoms with Crippen LogP contribution in [0.15, 0.2) is 17.3 Å². The Hall–Kier alpha value is -1.67. The van der Waals surface area contributed by atoms with Crippen LogP contribution in [0.4, 0.5) is 4.39 Å². The minimum atomic E-state index is -3.54. The first-order valence-corrected chi connectivity index (χ1v) is 7.72. The van der Waals surface area contributed by atoms with E-state index in [2.05, 4.69) is 5.10 Å². The minimum absolute atomic E-state index is 0.0305. The van der Waals surface area contributed by atoms with Crippen molar-refractivity contribution in [1.82, 2.24) is 9.78 Å². The molecule has 9 heteroatoms. The van der Waals surface area contributed by atoms with Crippen LogP contribution in [0.5, 0.6) is 0 Å². The smallest absolute Gasteiger partial charge is 0.280 e. The van der Waals surface area contributed by atoms with Crippen LogP contribution in [-0.4, -0.2) is 24.5 Å². The Morgan fingerprint density at radius 3 is 2.55 bits per heavy atom. The molecule has 20 heavy (non-hydrogen) atoms. The van der Waals surface area contributed by atoms with E-state index in [0.29, 0.717) is 0 Å². The number of nitrogens with zero attached hydrogens (tertiary/aromatic N) is 3. The average Bonchev–Trinajstić information content (AvgIpc) is 2.51. The molecule has 6 nitrogen and oxygen atoms in total. The Morgan fingerprint density at radius 1 is 1.50 bits per heavy atom. The molecule has 2 aromatic heterocycles. The fourth-order valence-corrected chi connectivity index (χ4v) is 3.44. The van der Waals surface area contributed by atoms with E-state index in [1.165, 1.54) is 14.0 Å². The fourth-order valence-electron chi connectivity index (χ4n) is 2.08. The second-order valence-electron chi connectivity index (χ2n) is 4.36. The highest BCUT2D eigenvalue weighted by molar-refractivity contribution is 7.90. The number of hydrogen-bond donors (Lipinski definition) is 0. The lowest BCUT2D eigenvalue weighted by Crippen LogP contribution is -2.30. The number of pyridine rings is 1. The summed E-state index contributed by atoms with van der Waals surface area (Å²) in [5, 5.41) is 15.6. The zero-order valence-corrected chi connectivity index (χ0v) is 12.5. The summed E-state index contributed by atoms with van der Waals surface area (Å²) in [5.41, 5.74) is -0.185. The van der Waals surface area contributed by atoms with Crippen molar-refractivity contribution in [2.45, 2.75) is 11.9 Å². The summed E-state index contributed by atoms with van der Waals surface area (Å²) in [6.45, 7) is 1.47. The summed E-state index contributed by atoms with van der Waals surface area (Å²) in [6, 6.07) is 0.972. The van der Waals surface area contributed by atoms with Crippen molar-refractivity contribution in [1.29, 1.82) is 0 Å². The lowest BCUT2D eigenvalue weighted by atomic mass is 10.2. The van der Waals surface area contributed by atoms with E-state index in [-0.39, 0.29) is 31.7 Å². The molecule has 0 bridgehead atoms. The summed E-state index contributed by atoms with van der Waals surface area (Å²) in [6.07, 6.45) is 2.00. The van der Waals surface area contributed by atoms with Crippen molar-refractivity contribution >= 4 is 21.4 Å². The SMILES string of the molecule is Cc1c(-c2c(F)cc(Cl)c[n+]2[O-])nn(C)c1S(C)(=O)=O. The number of rotatable bonds is 2. The van der Waals surface area contributed by atoms with Crippen molar-refractivity contribution < 1.29 is 17.5 Å². The Kier molecular flexibility index (Phi) is 3.47. The molecule has 0 atom stereocenters. The van der Waals surface area contributed by atoms with Crippen molar-refractivity contribution in [3.63, 3.8) is 0 Å².